The third-order valence-corrected chi connectivity index (χ3v) is 3.01. The molecule has 1 aromatic carbocycles. The van der Waals surface area contributed by atoms with Crippen LogP contribution in [0.4, 0.5) is 11.5 Å². The van der Waals surface area contributed by atoms with Gasteiger partial charge in [-0.3, -0.25) is 14.7 Å². The summed E-state index contributed by atoms with van der Waals surface area (Å²) in [5.74, 6) is -0.269. The topological polar surface area (TPSA) is 117 Å². The predicted octanol–water partition coefficient (Wildman–Crippen LogP) is 1.53. The van der Waals surface area contributed by atoms with Crippen LogP contribution in [-0.4, -0.2) is 14.5 Å². The van der Waals surface area contributed by atoms with Crippen molar-refractivity contribution < 1.29 is 9.34 Å². The quantitative estimate of drug-likeness (QED) is 0.576. The molecule has 106 valence electrons. The molecule has 8 nitrogen and oxygen atoms in total. The minimum Gasteiger partial charge on any atom is -0.408 e. The number of nitro groups is 1. The van der Waals surface area contributed by atoms with Gasteiger partial charge in [-0.05, 0) is 18.2 Å². The van der Waals surface area contributed by atoms with Crippen molar-refractivity contribution in [3.8, 4) is 0 Å². The fraction of sp³-hybridized carbons (Fsp3) is 0.0769. The second-order valence-corrected chi connectivity index (χ2v) is 4.42. The van der Waals surface area contributed by atoms with E-state index in [0.29, 0.717) is 17.0 Å². The molecule has 0 saturated heterocycles. The molecule has 0 amide bonds. The zero-order chi connectivity index (χ0) is 15.0. The standard InChI is InChI=1S/C13H10N4O4/c14-12-3-1-2-8(15-12)7-16-10-6-9(17(19)20)4-5-11(10)21-13(16)18/h1-6H,7H2,(H2,14,15). The van der Waals surface area contributed by atoms with Crippen molar-refractivity contribution in [1.29, 1.82) is 0 Å². The van der Waals surface area contributed by atoms with Crippen LogP contribution in [0.25, 0.3) is 11.1 Å². The van der Waals surface area contributed by atoms with Crippen molar-refractivity contribution in [3.63, 3.8) is 0 Å². The Morgan fingerprint density at radius 1 is 1.33 bits per heavy atom. The molecular formula is C13H10N4O4. The molecule has 0 aliphatic rings. The number of fused-ring (bicyclic) bond motifs is 1. The Bertz CT molecular complexity index is 897. The van der Waals surface area contributed by atoms with Crippen molar-refractivity contribution in [2.75, 3.05) is 5.73 Å². The van der Waals surface area contributed by atoms with E-state index in [2.05, 4.69) is 4.98 Å². The van der Waals surface area contributed by atoms with Gasteiger partial charge >= 0.3 is 5.76 Å². The Kier molecular flexibility index (Phi) is 2.90. The molecule has 0 spiro atoms. The molecule has 0 fully saturated rings. The van der Waals surface area contributed by atoms with Crippen LogP contribution < -0.4 is 11.5 Å². The minimum atomic E-state index is -0.602. The highest BCUT2D eigenvalue weighted by Crippen LogP contribution is 2.20. The van der Waals surface area contributed by atoms with Gasteiger partial charge in [-0.15, -0.1) is 0 Å². The number of nitrogen functional groups attached to an aromatic ring is 1. The summed E-state index contributed by atoms with van der Waals surface area (Å²) in [7, 11) is 0. The number of nitrogens with zero attached hydrogens (tertiary/aromatic N) is 3. The molecule has 21 heavy (non-hydrogen) atoms. The molecule has 8 heteroatoms. The Balaban J connectivity index is 2.12. The van der Waals surface area contributed by atoms with E-state index < -0.39 is 10.7 Å². The van der Waals surface area contributed by atoms with Crippen molar-refractivity contribution in [2.24, 2.45) is 0 Å². The maximum atomic E-state index is 11.9. The molecule has 0 unspecified atom stereocenters. The Morgan fingerprint density at radius 3 is 2.86 bits per heavy atom. The number of nitrogens with two attached hydrogens (primary N) is 1. The van der Waals surface area contributed by atoms with Crippen LogP contribution in [0.5, 0.6) is 0 Å². The van der Waals surface area contributed by atoms with Gasteiger partial charge in [-0.1, -0.05) is 6.07 Å². The fourth-order valence-corrected chi connectivity index (χ4v) is 2.06. The highest BCUT2D eigenvalue weighted by molar-refractivity contribution is 5.76. The van der Waals surface area contributed by atoms with E-state index >= 15 is 0 Å². The predicted molar refractivity (Wildman–Crippen MR) is 74.9 cm³/mol. The van der Waals surface area contributed by atoms with Crippen LogP contribution >= 0.6 is 0 Å². The first kappa shape index (κ1) is 12.9. The van der Waals surface area contributed by atoms with Gasteiger partial charge in [-0.2, -0.15) is 0 Å². The van der Waals surface area contributed by atoms with Gasteiger partial charge in [0.05, 0.1) is 22.7 Å². The van der Waals surface area contributed by atoms with Gasteiger partial charge in [0.25, 0.3) is 5.69 Å². The van der Waals surface area contributed by atoms with E-state index in [0.717, 1.165) is 0 Å². The number of oxazole rings is 1. The van der Waals surface area contributed by atoms with Crippen molar-refractivity contribution in [2.45, 2.75) is 6.54 Å². The lowest BCUT2D eigenvalue weighted by Gasteiger charge is -2.02. The first-order chi connectivity index (χ1) is 10.0. The summed E-state index contributed by atoms with van der Waals surface area (Å²) in [6.45, 7) is 0.123. The van der Waals surface area contributed by atoms with Crippen molar-refractivity contribution in [3.05, 3.63) is 62.8 Å². The lowest BCUT2D eigenvalue weighted by atomic mass is 10.2. The van der Waals surface area contributed by atoms with E-state index in [1.807, 2.05) is 0 Å². The SMILES string of the molecule is Nc1cccc(Cn2c(=O)oc3ccc([N+](=O)[O-])cc32)n1. The van der Waals surface area contributed by atoms with Gasteiger partial charge in [0.1, 0.15) is 5.82 Å². The largest absolute Gasteiger partial charge is 0.420 e. The van der Waals surface area contributed by atoms with E-state index in [1.54, 1.807) is 18.2 Å². The van der Waals surface area contributed by atoms with Crippen LogP contribution in [0.3, 0.4) is 0 Å². The maximum absolute atomic E-state index is 11.9. The summed E-state index contributed by atoms with van der Waals surface area (Å²) in [4.78, 5) is 26.3. The zero-order valence-electron chi connectivity index (χ0n) is 10.7. The number of pyridine rings is 1. The second kappa shape index (κ2) is 4.75. The number of aromatic nitrogens is 2. The number of hydrogen-bond donors (Lipinski definition) is 1. The number of anilines is 1. The molecule has 0 radical (unpaired) electrons. The zero-order valence-corrected chi connectivity index (χ0v) is 10.7. The van der Waals surface area contributed by atoms with Crippen LogP contribution in [0.1, 0.15) is 5.69 Å². The summed E-state index contributed by atoms with van der Waals surface area (Å²) >= 11 is 0. The van der Waals surface area contributed by atoms with Crippen molar-refractivity contribution in [1.82, 2.24) is 9.55 Å². The molecule has 0 bridgehead atoms. The van der Waals surface area contributed by atoms with Crippen LogP contribution in [0, 0.1) is 10.1 Å². The van der Waals surface area contributed by atoms with Gasteiger partial charge < -0.3 is 10.2 Å². The van der Waals surface area contributed by atoms with Crippen LogP contribution in [0.15, 0.2) is 45.6 Å². The molecule has 2 aromatic heterocycles. The number of benzene rings is 1. The molecule has 0 saturated carbocycles. The molecule has 3 aromatic rings. The number of rotatable bonds is 3. The summed E-state index contributed by atoms with van der Waals surface area (Å²) in [6, 6.07) is 9.04. The normalized spacial score (nSPS) is 10.9. The highest BCUT2D eigenvalue weighted by Gasteiger charge is 2.14. The van der Waals surface area contributed by atoms with Gasteiger partial charge in [0.15, 0.2) is 5.58 Å². The minimum absolute atomic E-state index is 0.113. The average molecular weight is 286 g/mol. The Morgan fingerprint density at radius 2 is 2.14 bits per heavy atom. The smallest absolute Gasteiger partial charge is 0.408 e. The third-order valence-electron chi connectivity index (χ3n) is 3.01. The summed E-state index contributed by atoms with van der Waals surface area (Å²) in [5, 5.41) is 10.8. The van der Waals surface area contributed by atoms with E-state index in [9.17, 15) is 14.9 Å². The van der Waals surface area contributed by atoms with Gasteiger partial charge in [-0.25, -0.2) is 9.78 Å². The average Bonchev–Trinajstić information content (AvgIpc) is 2.74. The first-order valence-corrected chi connectivity index (χ1v) is 6.04. The van der Waals surface area contributed by atoms with Gasteiger partial charge in [0, 0.05) is 12.1 Å². The fourth-order valence-electron chi connectivity index (χ4n) is 2.06. The molecule has 0 aliphatic carbocycles. The van der Waals surface area contributed by atoms with E-state index in [-0.39, 0.29) is 17.8 Å². The molecule has 2 N–H and O–H groups in total. The van der Waals surface area contributed by atoms with E-state index in [4.69, 9.17) is 10.2 Å². The van der Waals surface area contributed by atoms with Crippen molar-refractivity contribution >= 4 is 22.6 Å². The number of hydrogen-bond acceptors (Lipinski definition) is 6. The summed E-state index contributed by atoms with van der Waals surface area (Å²) < 4.78 is 6.34. The Labute approximate surface area is 117 Å². The van der Waals surface area contributed by atoms with Gasteiger partial charge in [0.2, 0.25) is 0 Å². The lowest BCUT2D eigenvalue weighted by molar-refractivity contribution is -0.384. The highest BCUT2D eigenvalue weighted by atomic mass is 16.6. The molecule has 2 heterocycles. The lowest BCUT2D eigenvalue weighted by Crippen LogP contribution is -2.15. The maximum Gasteiger partial charge on any atom is 0.420 e. The first-order valence-electron chi connectivity index (χ1n) is 6.04. The molecule has 3 rings (SSSR count). The monoisotopic (exact) mass is 286 g/mol. The summed E-state index contributed by atoms with van der Waals surface area (Å²) in [5.41, 5.74) is 6.67. The number of nitro benzene ring substituents is 1. The third kappa shape index (κ3) is 2.34. The summed E-state index contributed by atoms with van der Waals surface area (Å²) in [6.07, 6.45) is 0. The molecular weight excluding hydrogens is 276 g/mol. The second-order valence-electron chi connectivity index (χ2n) is 4.42. The molecule has 0 aliphatic heterocycles. The van der Waals surface area contributed by atoms with Crippen LogP contribution in [0.2, 0.25) is 0 Å². The molecule has 0 atom stereocenters. The Hall–Kier alpha value is -3.16. The van der Waals surface area contributed by atoms with E-state index in [1.165, 1.54) is 22.8 Å². The number of non-ortho nitro benzene ring substituents is 1. The van der Waals surface area contributed by atoms with Crippen LogP contribution in [-0.2, 0) is 6.54 Å².